The second-order valence-corrected chi connectivity index (χ2v) is 6.00. The Morgan fingerprint density at radius 3 is 2.47 bits per heavy atom. The first-order chi connectivity index (χ1) is 9.04. The van der Waals surface area contributed by atoms with Gasteiger partial charge in [-0.15, -0.1) is 11.8 Å². The zero-order valence-corrected chi connectivity index (χ0v) is 12.5. The van der Waals surface area contributed by atoms with Crippen LogP contribution >= 0.6 is 11.8 Å². The van der Waals surface area contributed by atoms with Gasteiger partial charge in [-0.25, -0.2) is 4.98 Å². The number of thioether (sulfide) groups is 1. The maximum absolute atomic E-state index is 5.89. The molecule has 0 fully saturated rings. The Kier molecular flexibility index (Phi) is 4.61. The number of hydrogen-bond acceptors (Lipinski definition) is 3. The molecule has 1 aromatic carbocycles. The van der Waals surface area contributed by atoms with E-state index in [1.807, 2.05) is 19.2 Å². The van der Waals surface area contributed by atoms with E-state index in [-0.39, 0.29) is 6.04 Å². The summed E-state index contributed by atoms with van der Waals surface area (Å²) < 4.78 is 0. The fourth-order valence-electron chi connectivity index (χ4n) is 2.10. The summed E-state index contributed by atoms with van der Waals surface area (Å²) in [6.07, 6.45) is 1.84. The lowest BCUT2D eigenvalue weighted by molar-refractivity contribution is 0.808. The number of nitrogens with zero attached hydrogens (tertiary/aromatic N) is 1. The smallest absolute Gasteiger partial charge is 0.0966 e. The highest BCUT2D eigenvalue weighted by molar-refractivity contribution is 7.98. The van der Waals surface area contributed by atoms with E-state index in [1.54, 1.807) is 11.8 Å². The van der Waals surface area contributed by atoms with Crippen LogP contribution in [0.3, 0.4) is 0 Å². The number of pyridine rings is 1. The summed E-state index contributed by atoms with van der Waals surface area (Å²) >= 11 is 1.76. The minimum absolute atomic E-state index is 0.0589. The van der Waals surface area contributed by atoms with Crippen LogP contribution in [0, 0.1) is 13.8 Å². The van der Waals surface area contributed by atoms with Crippen molar-refractivity contribution in [2.75, 3.05) is 0 Å². The molecule has 0 aliphatic carbocycles. The second-order valence-electron chi connectivity index (χ2n) is 5.00. The molecule has 0 bridgehead atoms. The van der Waals surface area contributed by atoms with Gasteiger partial charge in [-0.3, -0.25) is 0 Å². The van der Waals surface area contributed by atoms with Gasteiger partial charge in [-0.2, -0.15) is 0 Å². The lowest BCUT2D eigenvalue weighted by Crippen LogP contribution is -2.05. The van der Waals surface area contributed by atoms with Gasteiger partial charge in [0.2, 0.25) is 0 Å². The number of aromatic nitrogens is 1. The molecule has 0 spiro atoms. The third-order valence-corrected chi connectivity index (χ3v) is 3.95. The summed E-state index contributed by atoms with van der Waals surface area (Å²) in [4.78, 5) is 4.39. The summed E-state index contributed by atoms with van der Waals surface area (Å²) in [5.74, 6) is 0.942. The number of benzene rings is 1. The lowest BCUT2D eigenvalue weighted by atomic mass is 10.1. The number of nitrogens with two attached hydrogens (primary N) is 1. The number of aryl methyl sites for hydroxylation is 2. The van der Waals surface area contributed by atoms with E-state index in [0.717, 1.165) is 16.3 Å². The van der Waals surface area contributed by atoms with Crippen LogP contribution in [-0.4, -0.2) is 4.98 Å². The van der Waals surface area contributed by atoms with Crippen LogP contribution in [0.1, 0.15) is 35.2 Å². The van der Waals surface area contributed by atoms with Crippen LogP contribution in [0.2, 0.25) is 0 Å². The van der Waals surface area contributed by atoms with Gasteiger partial charge in [0.1, 0.15) is 0 Å². The fourth-order valence-corrected chi connectivity index (χ4v) is 2.93. The topological polar surface area (TPSA) is 38.9 Å². The molecule has 2 nitrogen and oxygen atoms in total. The molecule has 1 aromatic heterocycles. The van der Waals surface area contributed by atoms with Crippen LogP contribution in [0.25, 0.3) is 0 Å². The van der Waals surface area contributed by atoms with E-state index in [1.165, 1.54) is 16.7 Å². The van der Waals surface area contributed by atoms with Gasteiger partial charge >= 0.3 is 0 Å². The van der Waals surface area contributed by atoms with Crippen LogP contribution in [0.4, 0.5) is 0 Å². The molecule has 100 valence electrons. The first kappa shape index (κ1) is 14.1. The molecule has 0 saturated carbocycles. The maximum Gasteiger partial charge on any atom is 0.0966 e. The second kappa shape index (κ2) is 6.22. The molecule has 2 aromatic rings. The van der Waals surface area contributed by atoms with Crippen molar-refractivity contribution in [2.45, 2.75) is 37.6 Å². The monoisotopic (exact) mass is 272 g/mol. The van der Waals surface area contributed by atoms with Gasteiger partial charge in [-0.05, 0) is 44.0 Å². The fraction of sp³-hybridized carbons (Fsp3) is 0.312. The SMILES string of the molecule is Cc1cc(C)cc(CSc2cc([C@@H](C)N)ccn2)c1. The third-order valence-electron chi connectivity index (χ3n) is 2.95. The maximum atomic E-state index is 5.89. The summed E-state index contributed by atoms with van der Waals surface area (Å²) in [7, 11) is 0. The summed E-state index contributed by atoms with van der Waals surface area (Å²) in [6.45, 7) is 6.26. The molecule has 2 N–H and O–H groups in total. The minimum Gasteiger partial charge on any atom is -0.324 e. The molecule has 0 amide bonds. The van der Waals surface area contributed by atoms with E-state index in [2.05, 4.69) is 43.1 Å². The van der Waals surface area contributed by atoms with E-state index in [4.69, 9.17) is 5.73 Å². The van der Waals surface area contributed by atoms with Crippen molar-refractivity contribution in [3.8, 4) is 0 Å². The van der Waals surface area contributed by atoms with Crippen molar-refractivity contribution < 1.29 is 0 Å². The van der Waals surface area contributed by atoms with Gasteiger partial charge in [0.05, 0.1) is 5.03 Å². The van der Waals surface area contributed by atoms with Gasteiger partial charge in [0, 0.05) is 18.0 Å². The Morgan fingerprint density at radius 2 is 1.84 bits per heavy atom. The van der Waals surface area contributed by atoms with Crippen LogP contribution in [0.15, 0.2) is 41.6 Å². The Labute approximate surface area is 119 Å². The molecular formula is C16H20N2S. The van der Waals surface area contributed by atoms with Crippen molar-refractivity contribution in [3.63, 3.8) is 0 Å². The zero-order valence-electron chi connectivity index (χ0n) is 11.7. The Morgan fingerprint density at radius 1 is 1.16 bits per heavy atom. The molecule has 1 atom stereocenters. The highest BCUT2D eigenvalue weighted by Crippen LogP contribution is 2.24. The van der Waals surface area contributed by atoms with Gasteiger partial charge in [0.25, 0.3) is 0 Å². The third kappa shape index (κ3) is 4.08. The van der Waals surface area contributed by atoms with Crippen molar-refractivity contribution in [1.82, 2.24) is 4.98 Å². The van der Waals surface area contributed by atoms with Crippen LogP contribution in [-0.2, 0) is 5.75 Å². The molecule has 0 aliphatic heterocycles. The number of hydrogen-bond donors (Lipinski definition) is 1. The summed E-state index contributed by atoms with van der Waals surface area (Å²) in [6, 6.07) is 10.8. The quantitative estimate of drug-likeness (QED) is 0.855. The first-order valence-corrected chi connectivity index (χ1v) is 7.44. The van der Waals surface area contributed by atoms with E-state index < -0.39 is 0 Å². The van der Waals surface area contributed by atoms with Crippen LogP contribution < -0.4 is 5.73 Å². The van der Waals surface area contributed by atoms with Gasteiger partial charge in [0.15, 0.2) is 0 Å². The summed E-state index contributed by atoms with van der Waals surface area (Å²) in [5.41, 5.74) is 11.0. The normalized spacial score (nSPS) is 12.4. The molecule has 19 heavy (non-hydrogen) atoms. The first-order valence-electron chi connectivity index (χ1n) is 6.46. The molecule has 0 unspecified atom stereocenters. The predicted molar refractivity (Wildman–Crippen MR) is 82.3 cm³/mol. The number of rotatable bonds is 4. The largest absolute Gasteiger partial charge is 0.324 e. The molecule has 1 heterocycles. The Bertz CT molecular complexity index is 544. The zero-order chi connectivity index (χ0) is 13.8. The Hall–Kier alpha value is -1.32. The highest BCUT2D eigenvalue weighted by Gasteiger charge is 2.03. The molecule has 0 saturated heterocycles. The van der Waals surface area contributed by atoms with E-state index in [0.29, 0.717) is 0 Å². The molecule has 0 aliphatic rings. The van der Waals surface area contributed by atoms with Crippen molar-refractivity contribution in [3.05, 3.63) is 58.8 Å². The predicted octanol–water partition coefficient (Wildman–Crippen LogP) is 4.01. The molecule has 0 radical (unpaired) electrons. The minimum atomic E-state index is 0.0589. The summed E-state index contributed by atoms with van der Waals surface area (Å²) in [5, 5.41) is 1.04. The van der Waals surface area contributed by atoms with Crippen LogP contribution in [0.5, 0.6) is 0 Å². The standard InChI is InChI=1S/C16H20N2S/c1-11-6-12(2)8-14(7-11)10-19-16-9-15(13(3)17)4-5-18-16/h4-9,13H,10,17H2,1-3H3/t13-/m1/s1. The molecule has 3 heteroatoms. The van der Waals surface area contributed by atoms with Crippen molar-refractivity contribution in [2.24, 2.45) is 5.73 Å². The molecule has 2 rings (SSSR count). The van der Waals surface area contributed by atoms with E-state index in [9.17, 15) is 0 Å². The average Bonchev–Trinajstić information content (AvgIpc) is 2.35. The van der Waals surface area contributed by atoms with Gasteiger partial charge in [-0.1, -0.05) is 29.3 Å². The van der Waals surface area contributed by atoms with Crippen molar-refractivity contribution >= 4 is 11.8 Å². The Balaban J connectivity index is 2.07. The lowest BCUT2D eigenvalue weighted by Gasteiger charge is -2.08. The van der Waals surface area contributed by atoms with E-state index >= 15 is 0 Å². The average molecular weight is 272 g/mol. The van der Waals surface area contributed by atoms with Crippen molar-refractivity contribution in [1.29, 1.82) is 0 Å². The van der Waals surface area contributed by atoms with Gasteiger partial charge < -0.3 is 5.73 Å². The molecular weight excluding hydrogens is 252 g/mol. The highest BCUT2D eigenvalue weighted by atomic mass is 32.2.